The van der Waals surface area contributed by atoms with Crippen molar-refractivity contribution < 1.29 is 4.79 Å². The molecule has 4 nitrogen and oxygen atoms in total. The number of nitrogens with one attached hydrogen (secondary N) is 1. The monoisotopic (exact) mass is 367 g/mol. The minimum atomic E-state index is -0.300. The summed E-state index contributed by atoms with van der Waals surface area (Å²) in [5.74, 6) is -0.314. The summed E-state index contributed by atoms with van der Waals surface area (Å²) in [6.07, 6.45) is 3.30. The summed E-state index contributed by atoms with van der Waals surface area (Å²) in [4.78, 5) is 19.0. The lowest BCUT2D eigenvalue weighted by atomic mass is 9.92. The van der Waals surface area contributed by atoms with E-state index in [1.54, 1.807) is 0 Å². The maximum absolute atomic E-state index is 12.4. The summed E-state index contributed by atoms with van der Waals surface area (Å²) >= 11 is 3.45. The molecular weight excluding hydrogens is 354 g/mol. The van der Waals surface area contributed by atoms with Crippen LogP contribution in [0.25, 0.3) is 5.57 Å². The number of carbonyl (C=O) groups excluding carboxylic acids is 1. The standard InChI is InChI=1S/C18H14BrN3O/c19-13-6-8-14(9-7-13)22-10-15(12-4-2-1-3-5-12)16-17(22)20-11-21-18(16)23/h1-11,16-17H,(H,20,21,23). The summed E-state index contributed by atoms with van der Waals surface area (Å²) in [6, 6.07) is 18.0. The van der Waals surface area contributed by atoms with Crippen molar-refractivity contribution in [3.8, 4) is 0 Å². The molecule has 0 bridgehead atoms. The molecular formula is C18H14BrN3O. The topological polar surface area (TPSA) is 44.7 Å². The van der Waals surface area contributed by atoms with Gasteiger partial charge < -0.3 is 10.2 Å². The number of anilines is 1. The van der Waals surface area contributed by atoms with Gasteiger partial charge in [0.1, 0.15) is 12.1 Å². The Bertz CT molecular complexity index is 799. The number of halogens is 1. The normalized spacial score (nSPS) is 22.6. The number of hydrogen-bond donors (Lipinski definition) is 1. The molecule has 23 heavy (non-hydrogen) atoms. The molecule has 4 rings (SSSR count). The van der Waals surface area contributed by atoms with Crippen LogP contribution in [0.2, 0.25) is 0 Å². The Labute approximate surface area is 142 Å². The van der Waals surface area contributed by atoms with Crippen LogP contribution in [0.15, 0.2) is 70.3 Å². The van der Waals surface area contributed by atoms with Gasteiger partial charge in [0.25, 0.3) is 0 Å². The minimum Gasteiger partial charge on any atom is -0.324 e. The molecule has 2 aliphatic rings. The van der Waals surface area contributed by atoms with Crippen molar-refractivity contribution in [3.05, 3.63) is 70.8 Å². The molecule has 0 saturated heterocycles. The van der Waals surface area contributed by atoms with E-state index in [0.717, 1.165) is 21.3 Å². The van der Waals surface area contributed by atoms with Crippen LogP contribution in [0.1, 0.15) is 5.56 Å². The largest absolute Gasteiger partial charge is 0.324 e. The molecule has 2 unspecified atom stereocenters. The zero-order valence-electron chi connectivity index (χ0n) is 12.2. The number of amides is 1. The van der Waals surface area contributed by atoms with Crippen molar-refractivity contribution in [2.24, 2.45) is 10.9 Å². The van der Waals surface area contributed by atoms with Gasteiger partial charge in [-0.3, -0.25) is 4.79 Å². The second kappa shape index (κ2) is 5.66. The van der Waals surface area contributed by atoms with Gasteiger partial charge in [0.05, 0.1) is 6.34 Å². The fraction of sp³-hybridized carbons (Fsp3) is 0.111. The molecule has 1 amide bonds. The van der Waals surface area contributed by atoms with Crippen LogP contribution >= 0.6 is 15.9 Å². The van der Waals surface area contributed by atoms with Gasteiger partial charge in [-0.25, -0.2) is 4.99 Å². The highest BCUT2D eigenvalue weighted by Crippen LogP contribution is 2.40. The highest BCUT2D eigenvalue weighted by Gasteiger charge is 2.42. The van der Waals surface area contributed by atoms with Crippen molar-refractivity contribution in [2.75, 3.05) is 4.90 Å². The van der Waals surface area contributed by atoms with E-state index in [9.17, 15) is 4.79 Å². The second-order valence-electron chi connectivity index (χ2n) is 5.51. The molecule has 2 aromatic rings. The molecule has 0 fully saturated rings. The first-order valence-corrected chi connectivity index (χ1v) is 8.16. The number of aliphatic imine (C=N–C) groups is 1. The number of nitrogens with zero attached hydrogens (tertiary/aromatic N) is 2. The van der Waals surface area contributed by atoms with E-state index in [1.807, 2.05) is 60.8 Å². The molecule has 0 radical (unpaired) electrons. The fourth-order valence-electron chi connectivity index (χ4n) is 3.05. The van der Waals surface area contributed by atoms with Crippen LogP contribution in [0, 0.1) is 5.92 Å². The Morgan fingerprint density at radius 3 is 2.52 bits per heavy atom. The molecule has 0 aromatic heterocycles. The predicted molar refractivity (Wildman–Crippen MR) is 95.0 cm³/mol. The number of rotatable bonds is 2. The van der Waals surface area contributed by atoms with Crippen LogP contribution in [0.4, 0.5) is 5.69 Å². The van der Waals surface area contributed by atoms with E-state index in [-0.39, 0.29) is 18.0 Å². The third kappa shape index (κ3) is 2.47. The Morgan fingerprint density at radius 2 is 1.78 bits per heavy atom. The van der Waals surface area contributed by atoms with E-state index in [4.69, 9.17) is 0 Å². The van der Waals surface area contributed by atoms with Gasteiger partial charge in [-0.2, -0.15) is 0 Å². The lowest BCUT2D eigenvalue weighted by Gasteiger charge is -2.28. The first-order chi connectivity index (χ1) is 11.2. The Hall–Kier alpha value is -2.40. The van der Waals surface area contributed by atoms with Crippen LogP contribution < -0.4 is 10.2 Å². The number of hydrogen-bond acceptors (Lipinski definition) is 3. The zero-order valence-corrected chi connectivity index (χ0v) is 13.8. The van der Waals surface area contributed by atoms with Gasteiger partial charge in [0.15, 0.2) is 0 Å². The molecule has 0 spiro atoms. The second-order valence-corrected chi connectivity index (χ2v) is 6.43. The average molecular weight is 368 g/mol. The van der Waals surface area contributed by atoms with Crippen LogP contribution in [0.5, 0.6) is 0 Å². The van der Waals surface area contributed by atoms with E-state index in [2.05, 4.69) is 31.1 Å². The van der Waals surface area contributed by atoms with Gasteiger partial charge >= 0.3 is 0 Å². The van der Waals surface area contributed by atoms with Gasteiger partial charge in [-0.1, -0.05) is 46.3 Å². The van der Waals surface area contributed by atoms with Gasteiger partial charge in [-0.05, 0) is 35.4 Å². The first kappa shape index (κ1) is 14.2. The SMILES string of the molecule is O=C1NC=NC2C1C(c1ccccc1)=CN2c1ccc(Br)cc1. The van der Waals surface area contributed by atoms with E-state index >= 15 is 0 Å². The third-order valence-electron chi connectivity index (χ3n) is 4.14. The molecule has 2 atom stereocenters. The highest BCUT2D eigenvalue weighted by molar-refractivity contribution is 9.10. The van der Waals surface area contributed by atoms with Crippen molar-refractivity contribution >= 4 is 39.4 Å². The molecule has 1 N–H and O–H groups in total. The van der Waals surface area contributed by atoms with Crippen LogP contribution in [-0.2, 0) is 4.79 Å². The summed E-state index contributed by atoms with van der Waals surface area (Å²) in [7, 11) is 0. The number of fused-ring (bicyclic) bond motifs is 1. The zero-order chi connectivity index (χ0) is 15.8. The molecule has 5 heteroatoms. The fourth-order valence-corrected chi connectivity index (χ4v) is 3.32. The lowest BCUT2D eigenvalue weighted by Crippen LogP contribution is -2.44. The molecule has 2 aromatic carbocycles. The summed E-state index contributed by atoms with van der Waals surface area (Å²) in [6.45, 7) is 0. The van der Waals surface area contributed by atoms with Gasteiger partial charge in [0, 0.05) is 16.4 Å². The Morgan fingerprint density at radius 1 is 1.04 bits per heavy atom. The average Bonchev–Trinajstić information content (AvgIpc) is 2.97. The molecule has 0 saturated carbocycles. The predicted octanol–water partition coefficient (Wildman–Crippen LogP) is 3.41. The smallest absolute Gasteiger partial charge is 0.236 e. The van der Waals surface area contributed by atoms with E-state index in [1.165, 1.54) is 6.34 Å². The van der Waals surface area contributed by atoms with Crippen LogP contribution in [0.3, 0.4) is 0 Å². The van der Waals surface area contributed by atoms with Crippen molar-refractivity contribution in [1.82, 2.24) is 5.32 Å². The summed E-state index contributed by atoms with van der Waals surface area (Å²) < 4.78 is 1.02. The van der Waals surface area contributed by atoms with Crippen molar-refractivity contribution in [2.45, 2.75) is 6.17 Å². The molecule has 114 valence electrons. The van der Waals surface area contributed by atoms with Crippen molar-refractivity contribution in [1.29, 1.82) is 0 Å². The molecule has 2 heterocycles. The minimum absolute atomic E-state index is 0.0142. The molecule has 2 aliphatic heterocycles. The first-order valence-electron chi connectivity index (χ1n) is 7.37. The maximum atomic E-state index is 12.4. The Balaban J connectivity index is 1.81. The van der Waals surface area contributed by atoms with E-state index < -0.39 is 0 Å². The van der Waals surface area contributed by atoms with E-state index in [0.29, 0.717) is 0 Å². The summed E-state index contributed by atoms with van der Waals surface area (Å²) in [5, 5.41) is 2.73. The third-order valence-corrected chi connectivity index (χ3v) is 4.67. The Kier molecular flexibility index (Phi) is 3.50. The number of benzene rings is 2. The number of carbonyl (C=O) groups is 1. The van der Waals surface area contributed by atoms with Gasteiger partial charge in [0.2, 0.25) is 5.91 Å². The summed E-state index contributed by atoms with van der Waals surface area (Å²) in [5.41, 5.74) is 3.06. The highest BCUT2D eigenvalue weighted by atomic mass is 79.9. The van der Waals surface area contributed by atoms with Crippen LogP contribution in [-0.4, -0.2) is 18.4 Å². The maximum Gasteiger partial charge on any atom is 0.236 e. The lowest BCUT2D eigenvalue weighted by molar-refractivity contribution is -0.122. The van der Waals surface area contributed by atoms with Crippen molar-refractivity contribution in [3.63, 3.8) is 0 Å². The molecule has 0 aliphatic carbocycles. The van der Waals surface area contributed by atoms with Gasteiger partial charge in [-0.15, -0.1) is 0 Å². The quantitative estimate of drug-likeness (QED) is 0.883.